The molecule has 1 aromatic carbocycles. The predicted octanol–water partition coefficient (Wildman–Crippen LogP) is 3.31. The molecule has 0 fully saturated rings. The average molecular weight is 208 g/mol. The Balaban J connectivity index is 2.68. The zero-order chi connectivity index (χ0) is 10.1. The predicted molar refractivity (Wildman–Crippen MR) is 59.4 cm³/mol. The van der Waals surface area contributed by atoms with Gasteiger partial charge in [0.25, 0.3) is 0 Å². The smallest absolute Gasteiger partial charge is 0.172 e. The Labute approximate surface area is 86.8 Å². The van der Waals surface area contributed by atoms with Gasteiger partial charge in [-0.15, -0.1) is 0 Å². The van der Waals surface area contributed by atoms with Crippen LogP contribution in [-0.2, 0) is 0 Å². The van der Waals surface area contributed by atoms with Crippen LogP contribution in [0.15, 0.2) is 18.2 Å². The molecule has 14 heavy (non-hydrogen) atoms. The highest BCUT2D eigenvalue weighted by Crippen LogP contribution is 2.38. The molecular formula is C11H12O2S. The van der Waals surface area contributed by atoms with E-state index in [2.05, 4.69) is 0 Å². The van der Waals surface area contributed by atoms with E-state index in [0.717, 1.165) is 21.4 Å². The third-order valence-electron chi connectivity index (χ3n) is 2.12. The number of aromatic hydroxyl groups is 1. The van der Waals surface area contributed by atoms with Crippen molar-refractivity contribution in [2.24, 2.45) is 0 Å². The minimum Gasteiger partial charge on any atom is -0.499 e. The molecule has 0 aliphatic carbocycles. The third kappa shape index (κ3) is 1.44. The van der Waals surface area contributed by atoms with Crippen LogP contribution in [0.2, 0.25) is 0 Å². The van der Waals surface area contributed by atoms with Crippen molar-refractivity contribution >= 4 is 21.4 Å². The molecule has 0 radical (unpaired) electrons. The molecule has 2 aromatic rings. The molecular weight excluding hydrogens is 196 g/mol. The maximum atomic E-state index is 9.40. The molecule has 1 heterocycles. The van der Waals surface area contributed by atoms with Gasteiger partial charge in [-0.1, -0.05) is 17.4 Å². The minimum absolute atomic E-state index is 0.339. The van der Waals surface area contributed by atoms with E-state index in [1.54, 1.807) is 6.07 Å². The second-order valence-corrected chi connectivity index (χ2v) is 4.20. The van der Waals surface area contributed by atoms with Gasteiger partial charge in [-0.2, -0.15) is 0 Å². The molecule has 0 amide bonds. The van der Waals surface area contributed by atoms with Crippen LogP contribution in [0.4, 0.5) is 0 Å². The first-order chi connectivity index (χ1) is 6.72. The molecule has 74 valence electrons. The number of hydrogen-bond donors (Lipinski definition) is 1. The fraction of sp³-hybridized carbons (Fsp3) is 0.273. The molecule has 0 saturated heterocycles. The van der Waals surface area contributed by atoms with Gasteiger partial charge in [0.1, 0.15) is 5.75 Å². The van der Waals surface area contributed by atoms with Crippen LogP contribution in [-0.4, -0.2) is 11.7 Å². The molecule has 0 unspecified atom stereocenters. The highest BCUT2D eigenvalue weighted by atomic mass is 32.1. The summed E-state index contributed by atoms with van der Waals surface area (Å²) in [6.07, 6.45) is 0. The summed E-state index contributed by atoms with van der Waals surface area (Å²) in [5, 5.41) is 10.8. The van der Waals surface area contributed by atoms with Gasteiger partial charge in [-0.3, -0.25) is 0 Å². The maximum Gasteiger partial charge on any atom is 0.172 e. The molecule has 0 saturated carbocycles. The standard InChI is InChI=1S/C11H12O2S/c1-3-13-11-7(2)4-5-9-8(11)6-10(12)14-9/h4-6,12H,3H2,1-2H3. The molecule has 0 aliphatic rings. The first kappa shape index (κ1) is 9.34. The second-order valence-electron chi connectivity index (χ2n) is 3.14. The topological polar surface area (TPSA) is 29.5 Å². The lowest BCUT2D eigenvalue weighted by atomic mass is 10.1. The first-order valence-electron chi connectivity index (χ1n) is 4.57. The van der Waals surface area contributed by atoms with E-state index < -0.39 is 0 Å². The molecule has 0 spiro atoms. The summed E-state index contributed by atoms with van der Waals surface area (Å²) < 4.78 is 6.63. The van der Waals surface area contributed by atoms with Gasteiger partial charge < -0.3 is 9.84 Å². The molecule has 2 rings (SSSR count). The van der Waals surface area contributed by atoms with Gasteiger partial charge in [0.05, 0.1) is 6.61 Å². The lowest BCUT2D eigenvalue weighted by Crippen LogP contribution is -1.93. The monoisotopic (exact) mass is 208 g/mol. The summed E-state index contributed by atoms with van der Waals surface area (Å²) >= 11 is 1.38. The SMILES string of the molecule is CCOc1c(C)ccc2sc(O)cc12. The molecule has 1 aromatic heterocycles. The lowest BCUT2D eigenvalue weighted by Gasteiger charge is -2.07. The van der Waals surface area contributed by atoms with Crippen LogP contribution in [0.5, 0.6) is 10.8 Å². The molecule has 2 nitrogen and oxygen atoms in total. The molecule has 1 N–H and O–H groups in total. The lowest BCUT2D eigenvalue weighted by molar-refractivity contribution is 0.342. The number of fused-ring (bicyclic) bond motifs is 1. The van der Waals surface area contributed by atoms with Crippen molar-refractivity contribution in [2.75, 3.05) is 6.61 Å². The zero-order valence-corrected chi connectivity index (χ0v) is 9.02. The summed E-state index contributed by atoms with van der Waals surface area (Å²) in [5.74, 6) is 0.890. The van der Waals surface area contributed by atoms with Gasteiger partial charge >= 0.3 is 0 Å². The molecule has 3 heteroatoms. The van der Waals surface area contributed by atoms with Crippen LogP contribution in [0, 0.1) is 6.92 Å². The Bertz CT molecular complexity index is 460. The van der Waals surface area contributed by atoms with E-state index in [9.17, 15) is 5.11 Å². The van der Waals surface area contributed by atoms with E-state index in [-0.39, 0.29) is 0 Å². The van der Waals surface area contributed by atoms with Crippen molar-refractivity contribution in [3.63, 3.8) is 0 Å². The Morgan fingerprint density at radius 1 is 1.43 bits per heavy atom. The van der Waals surface area contributed by atoms with Crippen LogP contribution in [0.1, 0.15) is 12.5 Å². The van der Waals surface area contributed by atoms with Crippen molar-refractivity contribution in [3.05, 3.63) is 23.8 Å². The van der Waals surface area contributed by atoms with E-state index in [1.165, 1.54) is 11.3 Å². The summed E-state index contributed by atoms with van der Waals surface area (Å²) in [6.45, 7) is 4.63. The highest BCUT2D eigenvalue weighted by Gasteiger charge is 2.08. The third-order valence-corrected chi connectivity index (χ3v) is 3.03. The molecule has 0 bridgehead atoms. The van der Waals surface area contributed by atoms with Crippen LogP contribution in [0.3, 0.4) is 0 Å². The van der Waals surface area contributed by atoms with Gasteiger partial charge in [-0.05, 0) is 25.5 Å². The summed E-state index contributed by atoms with van der Waals surface area (Å²) in [7, 11) is 0. The Hall–Kier alpha value is -1.22. The van der Waals surface area contributed by atoms with Crippen molar-refractivity contribution in [1.29, 1.82) is 0 Å². The van der Waals surface area contributed by atoms with E-state index in [0.29, 0.717) is 11.7 Å². The minimum atomic E-state index is 0.339. The van der Waals surface area contributed by atoms with E-state index in [1.807, 2.05) is 26.0 Å². The number of ether oxygens (including phenoxy) is 1. The molecule has 0 atom stereocenters. The highest BCUT2D eigenvalue weighted by molar-refractivity contribution is 7.20. The number of rotatable bonds is 2. The van der Waals surface area contributed by atoms with Crippen molar-refractivity contribution in [2.45, 2.75) is 13.8 Å². The Morgan fingerprint density at radius 2 is 2.21 bits per heavy atom. The van der Waals surface area contributed by atoms with Gasteiger partial charge in [0.15, 0.2) is 5.06 Å². The van der Waals surface area contributed by atoms with Gasteiger partial charge in [0.2, 0.25) is 0 Å². The quantitative estimate of drug-likeness (QED) is 0.820. The maximum absolute atomic E-state index is 9.40. The van der Waals surface area contributed by atoms with E-state index in [4.69, 9.17) is 4.74 Å². The zero-order valence-electron chi connectivity index (χ0n) is 8.20. The number of hydrogen-bond acceptors (Lipinski definition) is 3. The largest absolute Gasteiger partial charge is 0.499 e. The summed E-state index contributed by atoms with van der Waals surface area (Å²) in [4.78, 5) is 0. The fourth-order valence-corrected chi connectivity index (χ4v) is 2.32. The van der Waals surface area contributed by atoms with E-state index >= 15 is 0 Å². The van der Waals surface area contributed by atoms with Crippen molar-refractivity contribution < 1.29 is 9.84 Å². The van der Waals surface area contributed by atoms with Gasteiger partial charge in [-0.25, -0.2) is 0 Å². The van der Waals surface area contributed by atoms with Crippen LogP contribution in [0.25, 0.3) is 10.1 Å². The van der Waals surface area contributed by atoms with Gasteiger partial charge in [0, 0.05) is 16.2 Å². The summed E-state index contributed by atoms with van der Waals surface area (Å²) in [6, 6.07) is 5.79. The second kappa shape index (κ2) is 3.50. The van der Waals surface area contributed by atoms with Crippen LogP contribution >= 0.6 is 11.3 Å². The normalized spacial score (nSPS) is 10.7. The Morgan fingerprint density at radius 3 is 2.93 bits per heavy atom. The average Bonchev–Trinajstić information content (AvgIpc) is 2.51. The number of aryl methyl sites for hydroxylation is 1. The number of benzene rings is 1. The first-order valence-corrected chi connectivity index (χ1v) is 5.39. The van der Waals surface area contributed by atoms with Crippen molar-refractivity contribution in [1.82, 2.24) is 0 Å². The van der Waals surface area contributed by atoms with Crippen LogP contribution < -0.4 is 4.74 Å². The summed E-state index contributed by atoms with van der Waals surface area (Å²) in [5.41, 5.74) is 1.11. The fourth-order valence-electron chi connectivity index (χ4n) is 1.52. The van der Waals surface area contributed by atoms with Crippen molar-refractivity contribution in [3.8, 4) is 10.8 Å². The number of thiophene rings is 1. The Kier molecular flexibility index (Phi) is 2.33. The molecule has 0 aliphatic heterocycles.